The molecule has 1 aliphatic heterocycles. The number of aryl methyl sites for hydroxylation is 2. The molecule has 0 fully saturated rings. The number of carbonyl (C=O) groups excluding carboxylic acids is 1. The fourth-order valence-electron chi connectivity index (χ4n) is 3.94. The third kappa shape index (κ3) is 3.53. The summed E-state index contributed by atoms with van der Waals surface area (Å²) in [6.07, 6.45) is 3.26. The summed E-state index contributed by atoms with van der Waals surface area (Å²) in [7, 11) is 0. The van der Waals surface area contributed by atoms with E-state index in [0.717, 1.165) is 41.7 Å². The molecule has 5 nitrogen and oxygen atoms in total. The molecule has 0 bridgehead atoms. The van der Waals surface area contributed by atoms with E-state index in [9.17, 15) is 9.59 Å². The highest BCUT2D eigenvalue weighted by Crippen LogP contribution is 2.33. The van der Waals surface area contributed by atoms with Crippen LogP contribution in [0.25, 0.3) is 11.0 Å². The summed E-state index contributed by atoms with van der Waals surface area (Å²) in [5.41, 5.74) is 3.32. The second kappa shape index (κ2) is 7.74. The second-order valence-electron chi connectivity index (χ2n) is 7.67. The zero-order chi connectivity index (χ0) is 20.5. The van der Waals surface area contributed by atoms with Gasteiger partial charge in [0.05, 0.1) is 23.6 Å². The van der Waals surface area contributed by atoms with Crippen molar-refractivity contribution in [3.63, 3.8) is 0 Å². The minimum Gasteiger partial charge on any atom is -0.494 e. The van der Waals surface area contributed by atoms with Gasteiger partial charge in [-0.1, -0.05) is 38.0 Å². The summed E-state index contributed by atoms with van der Waals surface area (Å²) in [6, 6.07) is 10.8. The third-order valence-electron chi connectivity index (χ3n) is 5.34. The van der Waals surface area contributed by atoms with E-state index in [1.807, 2.05) is 50.2 Å². The van der Waals surface area contributed by atoms with Crippen LogP contribution in [-0.4, -0.2) is 12.5 Å². The number of fused-ring (bicyclic) bond motifs is 2. The summed E-state index contributed by atoms with van der Waals surface area (Å²) < 4.78 is 11.8. The average molecular weight is 391 g/mol. The van der Waals surface area contributed by atoms with Gasteiger partial charge in [-0.25, -0.2) is 0 Å². The summed E-state index contributed by atoms with van der Waals surface area (Å²) in [5, 5.41) is 3.41. The number of carbonyl (C=O) groups is 1. The van der Waals surface area contributed by atoms with Crippen LogP contribution in [0.3, 0.4) is 0 Å². The van der Waals surface area contributed by atoms with Gasteiger partial charge in [0, 0.05) is 0 Å². The van der Waals surface area contributed by atoms with Crippen molar-refractivity contribution in [3.8, 4) is 5.75 Å². The van der Waals surface area contributed by atoms with Gasteiger partial charge in [-0.15, -0.1) is 0 Å². The van der Waals surface area contributed by atoms with Gasteiger partial charge in [0.15, 0.2) is 5.43 Å². The zero-order valence-corrected chi connectivity index (χ0v) is 17.0. The van der Waals surface area contributed by atoms with Crippen LogP contribution < -0.4 is 15.5 Å². The predicted molar refractivity (Wildman–Crippen MR) is 113 cm³/mol. The SMILES string of the molecule is CCCCCOc1cccc(C2NC(=O)c3oc4c(C)cc(C)cc4c(=O)c32)c1. The maximum Gasteiger partial charge on any atom is 0.288 e. The Morgan fingerprint density at radius 2 is 1.93 bits per heavy atom. The van der Waals surface area contributed by atoms with Crippen molar-refractivity contribution >= 4 is 16.9 Å². The van der Waals surface area contributed by atoms with Crippen molar-refractivity contribution in [1.29, 1.82) is 0 Å². The van der Waals surface area contributed by atoms with Crippen LogP contribution in [0.1, 0.15) is 65.0 Å². The number of rotatable bonds is 6. The molecule has 2 aromatic carbocycles. The normalized spacial score (nSPS) is 15.4. The van der Waals surface area contributed by atoms with Crippen molar-refractivity contribution in [2.75, 3.05) is 6.61 Å². The molecule has 0 saturated heterocycles. The van der Waals surface area contributed by atoms with Crippen molar-refractivity contribution in [2.45, 2.75) is 46.1 Å². The molecule has 3 aromatic rings. The Morgan fingerprint density at radius 1 is 1.10 bits per heavy atom. The smallest absolute Gasteiger partial charge is 0.288 e. The molecule has 0 spiro atoms. The largest absolute Gasteiger partial charge is 0.494 e. The van der Waals surface area contributed by atoms with Crippen molar-refractivity contribution < 1.29 is 13.9 Å². The lowest BCUT2D eigenvalue weighted by Crippen LogP contribution is -2.22. The maximum absolute atomic E-state index is 13.3. The number of unbranched alkanes of at least 4 members (excludes halogenated alkanes) is 2. The summed E-state index contributed by atoms with van der Waals surface area (Å²) in [5.74, 6) is 0.477. The maximum atomic E-state index is 13.3. The van der Waals surface area contributed by atoms with Crippen LogP contribution in [-0.2, 0) is 0 Å². The molecular weight excluding hydrogens is 366 g/mol. The van der Waals surface area contributed by atoms with Gasteiger partial charge in [-0.3, -0.25) is 9.59 Å². The van der Waals surface area contributed by atoms with Crippen molar-refractivity contribution in [3.05, 3.63) is 74.6 Å². The minimum absolute atomic E-state index is 0.105. The molecule has 1 N–H and O–H groups in total. The minimum atomic E-state index is -0.543. The molecule has 5 heteroatoms. The first-order valence-electron chi connectivity index (χ1n) is 10.1. The van der Waals surface area contributed by atoms with Gasteiger partial charge < -0.3 is 14.5 Å². The van der Waals surface area contributed by atoms with Gasteiger partial charge in [0.25, 0.3) is 5.91 Å². The molecular formula is C24H25NO4. The quantitative estimate of drug-likeness (QED) is 0.612. The third-order valence-corrected chi connectivity index (χ3v) is 5.34. The highest BCUT2D eigenvalue weighted by Gasteiger charge is 2.36. The molecule has 150 valence electrons. The molecule has 1 amide bonds. The lowest BCUT2D eigenvalue weighted by atomic mass is 9.98. The number of amides is 1. The van der Waals surface area contributed by atoms with E-state index in [-0.39, 0.29) is 17.1 Å². The Hall–Kier alpha value is -3.08. The molecule has 0 aliphatic carbocycles. The lowest BCUT2D eigenvalue weighted by molar-refractivity contribution is 0.0938. The van der Waals surface area contributed by atoms with E-state index >= 15 is 0 Å². The van der Waals surface area contributed by atoms with Crippen LogP contribution in [0.15, 0.2) is 45.6 Å². The van der Waals surface area contributed by atoms with E-state index in [1.165, 1.54) is 0 Å². The van der Waals surface area contributed by atoms with Crippen LogP contribution in [0.5, 0.6) is 5.75 Å². The monoisotopic (exact) mass is 391 g/mol. The topological polar surface area (TPSA) is 68.5 Å². The molecule has 0 saturated carbocycles. The van der Waals surface area contributed by atoms with E-state index < -0.39 is 6.04 Å². The standard InChI is InChI=1S/C24H25NO4/c1-4-5-6-10-28-17-9-7-8-16(13-17)20-19-21(26)18-12-14(2)11-15(3)22(18)29-23(19)24(27)25-20/h7-9,11-13,20H,4-6,10H2,1-3H3,(H,25,27). The number of hydrogen-bond acceptors (Lipinski definition) is 4. The second-order valence-corrected chi connectivity index (χ2v) is 7.67. The lowest BCUT2D eigenvalue weighted by Gasteiger charge is -2.14. The number of hydrogen-bond donors (Lipinski definition) is 1. The first kappa shape index (κ1) is 19.2. The van der Waals surface area contributed by atoms with Gasteiger partial charge in [0.2, 0.25) is 5.76 Å². The van der Waals surface area contributed by atoms with Gasteiger partial charge in [-0.05, 0) is 55.2 Å². The number of nitrogens with one attached hydrogen (secondary N) is 1. The summed E-state index contributed by atoms with van der Waals surface area (Å²) in [4.78, 5) is 25.9. The predicted octanol–water partition coefficient (Wildman–Crippen LogP) is 4.81. The van der Waals surface area contributed by atoms with Crippen molar-refractivity contribution in [2.24, 2.45) is 0 Å². The highest BCUT2D eigenvalue weighted by atomic mass is 16.5. The summed E-state index contributed by atoms with van der Waals surface area (Å²) in [6.45, 7) is 6.63. The molecule has 1 aromatic heterocycles. The van der Waals surface area contributed by atoms with Crippen LogP contribution >= 0.6 is 0 Å². The Balaban J connectivity index is 1.75. The molecule has 4 rings (SSSR count). The van der Waals surface area contributed by atoms with Crippen LogP contribution in [0.2, 0.25) is 0 Å². The molecule has 1 atom stereocenters. The van der Waals surface area contributed by atoms with Gasteiger partial charge >= 0.3 is 0 Å². The van der Waals surface area contributed by atoms with E-state index in [2.05, 4.69) is 12.2 Å². The van der Waals surface area contributed by atoms with Gasteiger partial charge in [-0.2, -0.15) is 0 Å². The fraction of sp³-hybridized carbons (Fsp3) is 0.333. The first-order chi connectivity index (χ1) is 14.0. The van der Waals surface area contributed by atoms with E-state index in [1.54, 1.807) is 0 Å². The highest BCUT2D eigenvalue weighted by molar-refractivity contribution is 5.99. The Labute approximate surface area is 169 Å². The molecule has 2 heterocycles. The Bertz CT molecular complexity index is 1150. The molecule has 1 aliphatic rings. The fourth-order valence-corrected chi connectivity index (χ4v) is 3.94. The molecule has 0 radical (unpaired) electrons. The van der Waals surface area contributed by atoms with Crippen LogP contribution in [0.4, 0.5) is 0 Å². The van der Waals surface area contributed by atoms with Gasteiger partial charge in [0.1, 0.15) is 11.3 Å². The average Bonchev–Trinajstić information content (AvgIpc) is 3.03. The van der Waals surface area contributed by atoms with Crippen molar-refractivity contribution in [1.82, 2.24) is 5.32 Å². The Kier molecular flexibility index (Phi) is 5.14. The first-order valence-corrected chi connectivity index (χ1v) is 10.1. The van der Waals surface area contributed by atoms with E-state index in [0.29, 0.717) is 23.1 Å². The molecule has 29 heavy (non-hydrogen) atoms. The summed E-state index contributed by atoms with van der Waals surface area (Å²) >= 11 is 0. The number of benzene rings is 2. The Morgan fingerprint density at radius 3 is 2.72 bits per heavy atom. The number of ether oxygens (including phenoxy) is 1. The van der Waals surface area contributed by atoms with E-state index in [4.69, 9.17) is 9.15 Å². The van der Waals surface area contributed by atoms with Crippen LogP contribution in [0, 0.1) is 13.8 Å². The zero-order valence-electron chi connectivity index (χ0n) is 17.0. The molecule has 1 unspecified atom stereocenters.